The molecule has 0 spiro atoms. The van der Waals surface area contributed by atoms with Crippen LogP contribution in [0.4, 0.5) is 14.5 Å². The van der Waals surface area contributed by atoms with Crippen LogP contribution in [-0.4, -0.2) is 22.3 Å². The molecule has 0 unspecified atom stereocenters. The van der Waals surface area contributed by atoms with E-state index in [9.17, 15) is 13.6 Å². The molecule has 2 aromatic heterocycles. The Bertz CT molecular complexity index is 838. The number of nitrogens with zero attached hydrogens (tertiary/aromatic N) is 2. The van der Waals surface area contributed by atoms with Gasteiger partial charge in [0.1, 0.15) is 10.6 Å². The maximum Gasteiger partial charge on any atom is 0.387 e. The van der Waals surface area contributed by atoms with Crippen molar-refractivity contribution in [3.8, 4) is 5.75 Å². The fourth-order valence-corrected chi connectivity index (χ4v) is 3.29. The predicted molar refractivity (Wildman–Crippen MR) is 84.4 cm³/mol. The summed E-state index contributed by atoms with van der Waals surface area (Å²) < 4.78 is 30.9. The predicted octanol–water partition coefficient (Wildman–Crippen LogP) is 3.80. The first kappa shape index (κ1) is 15.4. The molecule has 0 atom stereocenters. The summed E-state index contributed by atoms with van der Waals surface area (Å²) in [7, 11) is 1.80. The Morgan fingerprint density at radius 1 is 1.39 bits per heavy atom. The van der Waals surface area contributed by atoms with Gasteiger partial charge in [0.25, 0.3) is 5.91 Å². The van der Waals surface area contributed by atoms with Crippen molar-refractivity contribution in [1.29, 1.82) is 0 Å². The molecule has 2 heterocycles. The van der Waals surface area contributed by atoms with E-state index in [0.29, 0.717) is 4.88 Å². The van der Waals surface area contributed by atoms with E-state index < -0.39 is 6.61 Å². The third-order valence-corrected chi connectivity index (χ3v) is 4.47. The van der Waals surface area contributed by atoms with E-state index >= 15 is 0 Å². The smallest absolute Gasteiger partial charge is 0.387 e. The van der Waals surface area contributed by atoms with Crippen molar-refractivity contribution < 1.29 is 18.3 Å². The highest BCUT2D eigenvalue weighted by molar-refractivity contribution is 7.20. The molecule has 0 fully saturated rings. The van der Waals surface area contributed by atoms with Gasteiger partial charge in [0.15, 0.2) is 0 Å². The van der Waals surface area contributed by atoms with Gasteiger partial charge in [-0.05, 0) is 25.1 Å². The molecule has 120 valence electrons. The lowest BCUT2D eigenvalue weighted by molar-refractivity contribution is -0.0493. The van der Waals surface area contributed by atoms with E-state index in [4.69, 9.17) is 0 Å². The van der Waals surface area contributed by atoms with Crippen molar-refractivity contribution in [3.05, 3.63) is 40.9 Å². The van der Waals surface area contributed by atoms with Crippen LogP contribution >= 0.6 is 11.3 Å². The van der Waals surface area contributed by atoms with Gasteiger partial charge in [-0.25, -0.2) is 0 Å². The first-order chi connectivity index (χ1) is 11.0. The van der Waals surface area contributed by atoms with Gasteiger partial charge in [-0.3, -0.25) is 9.48 Å². The lowest BCUT2D eigenvalue weighted by atomic mass is 10.2. The van der Waals surface area contributed by atoms with E-state index in [0.717, 1.165) is 15.9 Å². The molecule has 8 heteroatoms. The summed E-state index contributed by atoms with van der Waals surface area (Å²) in [5.74, 6) is -0.453. The molecule has 5 nitrogen and oxygen atoms in total. The number of thiophene rings is 1. The minimum absolute atomic E-state index is 0.0743. The average molecular weight is 337 g/mol. The Morgan fingerprint density at radius 3 is 2.83 bits per heavy atom. The molecule has 0 aliphatic carbocycles. The van der Waals surface area contributed by atoms with Gasteiger partial charge < -0.3 is 10.1 Å². The summed E-state index contributed by atoms with van der Waals surface area (Å²) in [5.41, 5.74) is 1.03. The molecule has 1 N–H and O–H groups in total. The number of fused-ring (bicyclic) bond motifs is 1. The largest absolute Gasteiger partial charge is 0.433 e. The van der Waals surface area contributed by atoms with Crippen LogP contribution in [0.15, 0.2) is 30.3 Å². The number of amides is 1. The number of hydrogen-bond donors (Lipinski definition) is 1. The third kappa shape index (κ3) is 3.02. The SMILES string of the molecule is Cc1nn(C)c2sc(C(=O)Nc3ccccc3OC(F)F)cc12. The third-order valence-electron chi connectivity index (χ3n) is 3.27. The summed E-state index contributed by atoms with van der Waals surface area (Å²) in [6, 6.07) is 7.82. The molecule has 3 aromatic rings. The van der Waals surface area contributed by atoms with E-state index in [1.165, 1.54) is 23.5 Å². The Kier molecular flexibility index (Phi) is 3.99. The number of aryl methyl sites for hydroxylation is 2. The molecule has 0 saturated carbocycles. The van der Waals surface area contributed by atoms with Gasteiger partial charge in [0.05, 0.1) is 16.3 Å². The number of anilines is 1. The quantitative estimate of drug-likeness (QED) is 0.788. The lowest BCUT2D eigenvalue weighted by Gasteiger charge is -2.10. The number of hydrogen-bond acceptors (Lipinski definition) is 4. The molecule has 0 aliphatic heterocycles. The summed E-state index contributed by atoms with van der Waals surface area (Å²) >= 11 is 1.29. The molecule has 0 radical (unpaired) electrons. The number of benzene rings is 1. The van der Waals surface area contributed by atoms with Crippen molar-refractivity contribution in [1.82, 2.24) is 9.78 Å². The van der Waals surface area contributed by atoms with Crippen molar-refractivity contribution in [2.24, 2.45) is 7.05 Å². The summed E-state index contributed by atoms with van der Waals surface area (Å²) in [6.07, 6.45) is 0. The van der Waals surface area contributed by atoms with Crippen LogP contribution in [0.5, 0.6) is 5.75 Å². The highest BCUT2D eigenvalue weighted by atomic mass is 32.1. The molecular formula is C15H13F2N3O2S. The van der Waals surface area contributed by atoms with Gasteiger partial charge >= 0.3 is 6.61 Å². The number of carbonyl (C=O) groups excluding carboxylic acids is 1. The maximum absolute atomic E-state index is 12.4. The fraction of sp³-hybridized carbons (Fsp3) is 0.200. The van der Waals surface area contributed by atoms with Crippen molar-refractivity contribution in [2.75, 3.05) is 5.32 Å². The maximum atomic E-state index is 12.4. The van der Waals surface area contributed by atoms with Crippen LogP contribution in [0, 0.1) is 6.92 Å². The highest BCUT2D eigenvalue weighted by Crippen LogP contribution is 2.30. The monoisotopic (exact) mass is 337 g/mol. The fourth-order valence-electron chi connectivity index (χ4n) is 2.27. The second kappa shape index (κ2) is 5.96. The number of halogens is 2. The van der Waals surface area contributed by atoms with Crippen LogP contribution < -0.4 is 10.1 Å². The second-order valence-electron chi connectivity index (χ2n) is 4.87. The molecular weight excluding hydrogens is 324 g/mol. The number of aromatic nitrogens is 2. The van der Waals surface area contributed by atoms with Gasteiger partial charge in [0.2, 0.25) is 0 Å². The molecule has 3 rings (SSSR count). The first-order valence-electron chi connectivity index (χ1n) is 6.74. The van der Waals surface area contributed by atoms with Gasteiger partial charge in [-0.1, -0.05) is 12.1 Å². The van der Waals surface area contributed by atoms with Gasteiger partial charge in [-0.2, -0.15) is 13.9 Å². The van der Waals surface area contributed by atoms with Crippen LogP contribution in [0.3, 0.4) is 0 Å². The number of ether oxygens (including phenoxy) is 1. The summed E-state index contributed by atoms with van der Waals surface area (Å²) in [5, 5.41) is 7.78. The molecule has 1 aromatic carbocycles. The number of para-hydroxylation sites is 2. The van der Waals surface area contributed by atoms with Crippen molar-refractivity contribution in [3.63, 3.8) is 0 Å². The summed E-state index contributed by atoms with van der Waals surface area (Å²) in [6.45, 7) is -1.09. The molecule has 23 heavy (non-hydrogen) atoms. The standard InChI is InChI=1S/C15H13F2N3O2S/c1-8-9-7-12(23-14(9)20(2)19-8)13(21)18-10-5-3-4-6-11(10)22-15(16)17/h3-7,15H,1-2H3,(H,18,21). The molecule has 1 amide bonds. The van der Waals surface area contributed by atoms with Crippen LogP contribution in [0.2, 0.25) is 0 Å². The molecule has 0 aliphatic rings. The lowest BCUT2D eigenvalue weighted by Crippen LogP contribution is -2.12. The Morgan fingerprint density at radius 2 is 2.13 bits per heavy atom. The Balaban J connectivity index is 1.87. The minimum Gasteiger partial charge on any atom is -0.433 e. The van der Waals surface area contributed by atoms with Crippen molar-refractivity contribution in [2.45, 2.75) is 13.5 Å². The zero-order chi connectivity index (χ0) is 16.6. The normalized spacial score (nSPS) is 11.2. The number of carbonyl (C=O) groups is 1. The second-order valence-corrected chi connectivity index (χ2v) is 5.90. The highest BCUT2D eigenvalue weighted by Gasteiger charge is 2.17. The van der Waals surface area contributed by atoms with Gasteiger partial charge in [0, 0.05) is 12.4 Å². The topological polar surface area (TPSA) is 56.2 Å². The zero-order valence-corrected chi connectivity index (χ0v) is 13.2. The Labute approximate surface area is 134 Å². The van der Waals surface area contributed by atoms with Crippen LogP contribution in [-0.2, 0) is 7.05 Å². The number of nitrogens with one attached hydrogen (secondary N) is 1. The Hall–Kier alpha value is -2.48. The first-order valence-corrected chi connectivity index (χ1v) is 7.55. The molecule has 0 bridgehead atoms. The van der Waals surface area contributed by atoms with E-state index in [-0.39, 0.29) is 17.3 Å². The average Bonchev–Trinajstić information content (AvgIpc) is 3.03. The van der Waals surface area contributed by atoms with Crippen molar-refractivity contribution >= 4 is 33.1 Å². The van der Waals surface area contributed by atoms with Crippen LogP contribution in [0.25, 0.3) is 10.2 Å². The van der Waals surface area contributed by atoms with E-state index in [1.54, 1.807) is 29.9 Å². The summed E-state index contributed by atoms with van der Waals surface area (Å²) in [4.78, 5) is 13.7. The van der Waals surface area contributed by atoms with Crippen LogP contribution in [0.1, 0.15) is 15.4 Å². The van der Waals surface area contributed by atoms with Gasteiger partial charge in [-0.15, -0.1) is 11.3 Å². The zero-order valence-electron chi connectivity index (χ0n) is 12.3. The van der Waals surface area contributed by atoms with E-state index in [1.807, 2.05) is 6.92 Å². The minimum atomic E-state index is -2.95. The van der Waals surface area contributed by atoms with E-state index in [2.05, 4.69) is 15.2 Å². The number of alkyl halides is 2. The number of rotatable bonds is 4. The molecule has 0 saturated heterocycles.